The van der Waals surface area contributed by atoms with E-state index in [0.717, 1.165) is 5.76 Å². The summed E-state index contributed by atoms with van der Waals surface area (Å²) in [6.07, 6.45) is 1.62. The van der Waals surface area contributed by atoms with Crippen LogP contribution in [0.5, 0.6) is 0 Å². The third-order valence-electron chi connectivity index (χ3n) is 3.98. The van der Waals surface area contributed by atoms with Gasteiger partial charge in [-0.1, -0.05) is 0 Å². The molecule has 3 rings (SSSR count). The number of thiophene rings is 1. The van der Waals surface area contributed by atoms with Gasteiger partial charge in [-0.2, -0.15) is 0 Å². The van der Waals surface area contributed by atoms with Crippen LogP contribution < -0.4 is 5.56 Å². The number of fused-ring (bicyclic) bond motifs is 1. The molecule has 0 atom stereocenters. The number of methoxy groups -OCH3 is 1. The van der Waals surface area contributed by atoms with Crippen molar-refractivity contribution in [1.82, 2.24) is 14.9 Å². The number of carbonyl (C=O) groups is 1. The summed E-state index contributed by atoms with van der Waals surface area (Å²) in [5.74, 6) is 0.888. The van der Waals surface area contributed by atoms with Crippen LogP contribution in [0.4, 0.5) is 0 Å². The zero-order valence-electron chi connectivity index (χ0n) is 15.4. The third kappa shape index (κ3) is 4.44. The summed E-state index contributed by atoms with van der Waals surface area (Å²) < 4.78 is 15.4. The maximum absolute atomic E-state index is 12.5. The Bertz CT molecular complexity index is 977. The number of hydrogen-bond donors (Lipinski definition) is 1. The van der Waals surface area contributed by atoms with Crippen molar-refractivity contribution in [2.75, 3.05) is 27.4 Å². The van der Waals surface area contributed by atoms with E-state index in [1.165, 1.54) is 18.4 Å². The maximum Gasteiger partial charge on any atom is 0.348 e. The molecule has 0 saturated carbocycles. The minimum absolute atomic E-state index is 0.162. The van der Waals surface area contributed by atoms with E-state index in [1.54, 1.807) is 13.2 Å². The second kappa shape index (κ2) is 8.47. The Morgan fingerprint density at radius 2 is 2.19 bits per heavy atom. The highest BCUT2D eigenvalue weighted by atomic mass is 32.1. The van der Waals surface area contributed by atoms with Crippen molar-refractivity contribution in [3.63, 3.8) is 0 Å². The molecule has 0 unspecified atom stereocenters. The van der Waals surface area contributed by atoms with Gasteiger partial charge in [0.15, 0.2) is 0 Å². The van der Waals surface area contributed by atoms with E-state index >= 15 is 0 Å². The van der Waals surface area contributed by atoms with Crippen molar-refractivity contribution in [3.8, 4) is 0 Å². The first-order valence-electron chi connectivity index (χ1n) is 8.39. The molecule has 0 aliphatic carbocycles. The smallest absolute Gasteiger partial charge is 0.348 e. The first-order chi connectivity index (χ1) is 13.0. The van der Waals surface area contributed by atoms with Crippen LogP contribution in [0.1, 0.15) is 26.8 Å². The number of furan rings is 1. The first kappa shape index (κ1) is 19.3. The second-order valence-electron chi connectivity index (χ2n) is 6.13. The molecule has 0 bridgehead atoms. The van der Waals surface area contributed by atoms with Crippen LogP contribution >= 0.6 is 11.3 Å². The van der Waals surface area contributed by atoms with E-state index in [4.69, 9.17) is 13.9 Å². The van der Waals surface area contributed by atoms with Crippen LogP contribution in [0, 0.1) is 6.92 Å². The van der Waals surface area contributed by atoms with Gasteiger partial charge in [0, 0.05) is 7.11 Å². The van der Waals surface area contributed by atoms with Gasteiger partial charge in [-0.3, -0.25) is 9.69 Å². The van der Waals surface area contributed by atoms with E-state index in [1.807, 2.05) is 24.1 Å². The average Bonchev–Trinajstić information content (AvgIpc) is 3.23. The number of hydrogen-bond acceptors (Lipinski definition) is 8. The lowest BCUT2D eigenvalue weighted by molar-refractivity contribution is 0.0393. The number of H-pyrrole nitrogens is 1. The number of rotatable bonds is 8. The van der Waals surface area contributed by atoms with Crippen LogP contribution in [-0.2, 0) is 22.6 Å². The van der Waals surface area contributed by atoms with Gasteiger partial charge in [-0.25, -0.2) is 9.78 Å². The van der Waals surface area contributed by atoms with Gasteiger partial charge < -0.3 is 18.9 Å². The van der Waals surface area contributed by atoms with Gasteiger partial charge >= 0.3 is 5.97 Å². The number of aromatic nitrogens is 2. The molecule has 0 saturated heterocycles. The van der Waals surface area contributed by atoms with E-state index in [0.29, 0.717) is 46.2 Å². The van der Waals surface area contributed by atoms with Crippen molar-refractivity contribution < 1.29 is 18.7 Å². The molecule has 0 amide bonds. The molecule has 0 radical (unpaired) electrons. The van der Waals surface area contributed by atoms with Crippen LogP contribution in [0.15, 0.2) is 27.6 Å². The molecule has 3 heterocycles. The molecule has 27 heavy (non-hydrogen) atoms. The van der Waals surface area contributed by atoms with Crippen LogP contribution in [0.3, 0.4) is 0 Å². The van der Waals surface area contributed by atoms with Crippen molar-refractivity contribution >= 4 is 27.5 Å². The Kier molecular flexibility index (Phi) is 6.04. The standard InChI is InChI=1S/C18H21N3O5S/c1-11-14-16(22)19-13(10-21(2)9-12-5-4-6-25-12)20-17(14)27-15(11)18(23)26-8-7-24-3/h4-6H,7-10H2,1-3H3,(H,19,20,22). The number of ether oxygens (including phenoxy) is 2. The fourth-order valence-electron chi connectivity index (χ4n) is 2.72. The Morgan fingerprint density at radius 1 is 1.37 bits per heavy atom. The lowest BCUT2D eigenvalue weighted by atomic mass is 10.2. The summed E-state index contributed by atoms with van der Waals surface area (Å²) >= 11 is 1.17. The molecule has 8 nitrogen and oxygen atoms in total. The lowest BCUT2D eigenvalue weighted by Crippen LogP contribution is -2.21. The quantitative estimate of drug-likeness (QED) is 0.465. The average molecular weight is 391 g/mol. The van der Waals surface area contributed by atoms with Crippen molar-refractivity contribution in [2.24, 2.45) is 0 Å². The first-order valence-corrected chi connectivity index (χ1v) is 9.20. The van der Waals surface area contributed by atoms with E-state index in [-0.39, 0.29) is 12.2 Å². The van der Waals surface area contributed by atoms with Gasteiger partial charge in [0.2, 0.25) is 0 Å². The normalized spacial score (nSPS) is 11.4. The van der Waals surface area contributed by atoms with E-state index < -0.39 is 5.97 Å². The molecule has 0 fully saturated rings. The fourth-order valence-corrected chi connectivity index (χ4v) is 3.82. The summed E-state index contributed by atoms with van der Waals surface area (Å²) in [6.45, 7) is 3.24. The minimum atomic E-state index is -0.469. The molecule has 3 aromatic rings. The number of aryl methyl sites for hydroxylation is 1. The van der Waals surface area contributed by atoms with Crippen molar-refractivity contribution in [3.05, 3.63) is 50.8 Å². The molecule has 0 spiro atoms. The number of nitrogens with one attached hydrogen (secondary N) is 1. The zero-order valence-corrected chi connectivity index (χ0v) is 16.2. The number of esters is 1. The molecule has 0 aliphatic rings. The zero-order chi connectivity index (χ0) is 19.4. The summed E-state index contributed by atoms with van der Waals surface area (Å²) in [5.41, 5.74) is 0.327. The summed E-state index contributed by atoms with van der Waals surface area (Å²) in [5, 5.41) is 0.427. The SMILES string of the molecule is COCCOC(=O)c1sc2nc(CN(C)Cc3ccco3)[nH]c(=O)c2c1C. The highest BCUT2D eigenvalue weighted by molar-refractivity contribution is 7.20. The Balaban J connectivity index is 1.81. The number of nitrogens with zero attached hydrogens (tertiary/aromatic N) is 2. The highest BCUT2D eigenvalue weighted by Gasteiger charge is 2.20. The van der Waals surface area contributed by atoms with Gasteiger partial charge in [0.25, 0.3) is 5.56 Å². The van der Waals surface area contributed by atoms with E-state index in [9.17, 15) is 9.59 Å². The van der Waals surface area contributed by atoms with Crippen molar-refractivity contribution in [2.45, 2.75) is 20.0 Å². The molecule has 1 N–H and O–H groups in total. The Hall–Kier alpha value is -2.49. The third-order valence-corrected chi connectivity index (χ3v) is 5.15. The number of aromatic amines is 1. The Morgan fingerprint density at radius 3 is 2.89 bits per heavy atom. The van der Waals surface area contributed by atoms with Gasteiger partial charge in [-0.15, -0.1) is 11.3 Å². The predicted octanol–water partition coefficient (Wildman–Crippen LogP) is 2.32. The summed E-state index contributed by atoms with van der Waals surface area (Å²) in [6, 6.07) is 3.72. The topological polar surface area (TPSA) is 97.7 Å². The maximum atomic E-state index is 12.5. The molecule has 0 aromatic carbocycles. The molecular weight excluding hydrogens is 370 g/mol. The van der Waals surface area contributed by atoms with Crippen LogP contribution in [0.2, 0.25) is 0 Å². The Labute approximate surface area is 159 Å². The summed E-state index contributed by atoms with van der Waals surface area (Å²) in [4.78, 5) is 35.0. The fraction of sp³-hybridized carbons (Fsp3) is 0.389. The molecular formula is C18H21N3O5S. The minimum Gasteiger partial charge on any atom is -0.468 e. The highest BCUT2D eigenvalue weighted by Crippen LogP contribution is 2.27. The lowest BCUT2D eigenvalue weighted by Gasteiger charge is -2.14. The van der Waals surface area contributed by atoms with E-state index in [2.05, 4.69) is 9.97 Å². The molecule has 3 aromatic heterocycles. The number of carbonyl (C=O) groups excluding carboxylic acids is 1. The van der Waals surface area contributed by atoms with Crippen LogP contribution in [-0.4, -0.2) is 48.2 Å². The monoisotopic (exact) mass is 391 g/mol. The predicted molar refractivity (Wildman–Crippen MR) is 101 cm³/mol. The van der Waals surface area contributed by atoms with Crippen molar-refractivity contribution in [1.29, 1.82) is 0 Å². The van der Waals surface area contributed by atoms with Gasteiger partial charge in [0.05, 0.1) is 31.3 Å². The van der Waals surface area contributed by atoms with Crippen LogP contribution in [0.25, 0.3) is 10.2 Å². The van der Waals surface area contributed by atoms with Gasteiger partial charge in [-0.05, 0) is 31.7 Å². The second-order valence-corrected chi connectivity index (χ2v) is 7.13. The largest absolute Gasteiger partial charge is 0.468 e. The molecule has 9 heteroatoms. The molecule has 0 aliphatic heterocycles. The van der Waals surface area contributed by atoms with Gasteiger partial charge in [0.1, 0.15) is 27.9 Å². The summed E-state index contributed by atoms with van der Waals surface area (Å²) in [7, 11) is 3.44. The molecule has 144 valence electrons.